The van der Waals surface area contributed by atoms with Gasteiger partial charge in [0.2, 0.25) is 0 Å². The summed E-state index contributed by atoms with van der Waals surface area (Å²) in [5, 5.41) is 0. The normalized spacial score (nSPS) is 15.5. The average molecular weight is 229 g/mol. The maximum absolute atomic E-state index is 5.57. The highest BCUT2D eigenvalue weighted by molar-refractivity contribution is 6.44. The Labute approximate surface area is 94.1 Å². The zero-order valence-corrected chi connectivity index (χ0v) is 10.7. The van der Waals surface area contributed by atoms with E-state index in [1.807, 2.05) is 20.2 Å². The lowest BCUT2D eigenvalue weighted by molar-refractivity contribution is 0.212. The minimum absolute atomic E-state index is 0.763. The van der Waals surface area contributed by atoms with Crippen molar-refractivity contribution in [1.82, 2.24) is 4.90 Å². The van der Waals surface area contributed by atoms with Crippen LogP contribution in [0.3, 0.4) is 0 Å². The quantitative estimate of drug-likeness (QED) is 0.588. The molecule has 1 rings (SSSR count). The van der Waals surface area contributed by atoms with E-state index < -0.39 is 9.28 Å². The monoisotopic (exact) mass is 229 g/mol. The van der Waals surface area contributed by atoms with Crippen LogP contribution >= 0.6 is 0 Å². The molecule has 0 atom stereocenters. The molecule has 4 nitrogen and oxygen atoms in total. The molecule has 0 unspecified atom stereocenters. The zero-order valence-electron chi connectivity index (χ0n) is 9.74. The molecule has 87 valence electrons. The number of hydrogen-bond donors (Lipinski definition) is 0. The van der Waals surface area contributed by atoms with Crippen LogP contribution in [0.15, 0.2) is 4.99 Å². The summed E-state index contributed by atoms with van der Waals surface area (Å²) in [6.45, 7) is 8.68. The summed E-state index contributed by atoms with van der Waals surface area (Å²) >= 11 is 0. The molecule has 0 saturated carbocycles. The highest BCUT2D eigenvalue weighted by Gasteiger charge is 2.14. The molecule has 0 spiro atoms. The highest BCUT2D eigenvalue weighted by Crippen LogP contribution is 2.04. The van der Waals surface area contributed by atoms with Gasteiger partial charge in [-0.25, -0.2) is 0 Å². The molecule has 0 saturated heterocycles. The lowest BCUT2D eigenvalue weighted by Crippen LogP contribution is -2.26. The van der Waals surface area contributed by atoms with Gasteiger partial charge in [-0.05, 0) is 26.3 Å². The van der Waals surface area contributed by atoms with Crippen LogP contribution in [0.25, 0.3) is 0 Å². The van der Waals surface area contributed by atoms with Crippen LogP contribution in [0.5, 0.6) is 0 Å². The van der Waals surface area contributed by atoms with Gasteiger partial charge in [-0.3, -0.25) is 4.99 Å². The molecule has 1 radical (unpaired) electrons. The molecule has 0 bridgehead atoms. The minimum Gasteiger partial charge on any atom is -0.394 e. The topological polar surface area (TPSA) is 34.1 Å². The van der Waals surface area contributed by atoms with E-state index >= 15 is 0 Å². The van der Waals surface area contributed by atoms with Crippen molar-refractivity contribution in [3.05, 3.63) is 0 Å². The molecular weight excluding hydrogens is 208 g/mol. The summed E-state index contributed by atoms with van der Waals surface area (Å²) in [5.74, 6) is 0. The Hall–Kier alpha value is -0.393. The smallest absolute Gasteiger partial charge is 0.384 e. The van der Waals surface area contributed by atoms with Gasteiger partial charge in [0, 0.05) is 26.3 Å². The molecule has 0 aromatic heterocycles. The van der Waals surface area contributed by atoms with Gasteiger partial charge < -0.3 is 13.8 Å². The van der Waals surface area contributed by atoms with Gasteiger partial charge in [-0.15, -0.1) is 0 Å². The Kier molecular flexibility index (Phi) is 6.63. The Morgan fingerprint density at radius 1 is 1.33 bits per heavy atom. The van der Waals surface area contributed by atoms with Gasteiger partial charge in [0.05, 0.1) is 12.9 Å². The van der Waals surface area contributed by atoms with Crippen LogP contribution in [0, 0.1) is 0 Å². The predicted molar refractivity (Wildman–Crippen MR) is 63.4 cm³/mol. The first-order chi connectivity index (χ1) is 7.36. The lowest BCUT2D eigenvalue weighted by atomic mass is 10.4. The van der Waals surface area contributed by atoms with E-state index in [0.717, 1.165) is 45.3 Å². The van der Waals surface area contributed by atoms with Crippen LogP contribution in [-0.4, -0.2) is 53.4 Å². The van der Waals surface area contributed by atoms with Gasteiger partial charge in [0.1, 0.15) is 0 Å². The summed E-state index contributed by atoms with van der Waals surface area (Å²) in [6.07, 6.45) is 3.09. The molecule has 5 heteroatoms. The van der Waals surface area contributed by atoms with Gasteiger partial charge in [0.15, 0.2) is 0 Å². The third-order valence-corrected chi connectivity index (χ3v) is 4.18. The molecule has 1 aliphatic rings. The summed E-state index contributed by atoms with van der Waals surface area (Å²) in [4.78, 5) is 6.44. The van der Waals surface area contributed by atoms with Crippen molar-refractivity contribution in [1.29, 1.82) is 0 Å². The van der Waals surface area contributed by atoms with Crippen LogP contribution in [0.2, 0.25) is 6.04 Å². The van der Waals surface area contributed by atoms with Crippen molar-refractivity contribution in [2.45, 2.75) is 26.3 Å². The molecule has 0 aromatic carbocycles. The SMILES string of the molecule is CCO[Si](CCCN1C=NCC1)OCC. The molecule has 0 aliphatic carbocycles. The van der Waals surface area contributed by atoms with Gasteiger partial charge in [0.25, 0.3) is 0 Å². The Balaban J connectivity index is 2.06. The third-order valence-electron chi connectivity index (χ3n) is 2.20. The molecule has 0 N–H and O–H groups in total. The van der Waals surface area contributed by atoms with Crippen molar-refractivity contribution >= 4 is 15.6 Å². The number of hydrogen-bond acceptors (Lipinski definition) is 4. The fourth-order valence-corrected chi connectivity index (χ4v) is 2.98. The van der Waals surface area contributed by atoms with E-state index in [4.69, 9.17) is 8.85 Å². The molecule has 1 heterocycles. The second kappa shape index (κ2) is 7.84. The van der Waals surface area contributed by atoms with Gasteiger partial charge >= 0.3 is 9.28 Å². The summed E-state index contributed by atoms with van der Waals surface area (Å²) in [5.41, 5.74) is 0. The molecule has 0 fully saturated rings. The summed E-state index contributed by atoms with van der Waals surface area (Å²) in [7, 11) is -1.01. The molecular formula is C10H21N2O2Si. The van der Waals surface area contributed by atoms with E-state index in [9.17, 15) is 0 Å². The van der Waals surface area contributed by atoms with E-state index in [1.54, 1.807) is 0 Å². The summed E-state index contributed by atoms with van der Waals surface area (Å²) < 4.78 is 11.1. The number of aliphatic imine (C=N–C) groups is 1. The third kappa shape index (κ3) is 5.29. The molecule has 0 aromatic rings. The standard InChI is InChI=1S/C10H21N2O2Si/c1-3-13-15(14-4-2)9-5-7-12-8-6-11-10-12/h10H,3-9H2,1-2H3. The van der Waals surface area contributed by atoms with Crippen molar-refractivity contribution in [3.63, 3.8) is 0 Å². The number of nitrogens with zero attached hydrogens (tertiary/aromatic N) is 2. The highest BCUT2D eigenvalue weighted by atomic mass is 28.3. The number of rotatable bonds is 8. The van der Waals surface area contributed by atoms with Crippen molar-refractivity contribution < 1.29 is 8.85 Å². The Bertz CT molecular complexity index is 184. The van der Waals surface area contributed by atoms with E-state index in [0.29, 0.717) is 0 Å². The molecule has 0 amide bonds. The second-order valence-corrected chi connectivity index (χ2v) is 5.22. The van der Waals surface area contributed by atoms with E-state index in [-0.39, 0.29) is 0 Å². The maximum atomic E-state index is 5.57. The largest absolute Gasteiger partial charge is 0.394 e. The van der Waals surface area contributed by atoms with Crippen LogP contribution in [0.4, 0.5) is 0 Å². The zero-order chi connectivity index (χ0) is 10.9. The summed E-state index contributed by atoms with van der Waals surface area (Å²) in [6, 6.07) is 1.07. The first-order valence-corrected chi connectivity index (χ1v) is 7.24. The van der Waals surface area contributed by atoms with Crippen LogP contribution < -0.4 is 0 Å². The second-order valence-electron chi connectivity index (χ2n) is 3.40. The van der Waals surface area contributed by atoms with Crippen molar-refractivity contribution in [2.75, 3.05) is 32.8 Å². The Morgan fingerprint density at radius 2 is 2.07 bits per heavy atom. The average Bonchev–Trinajstić information content (AvgIpc) is 2.71. The van der Waals surface area contributed by atoms with E-state index in [1.165, 1.54) is 0 Å². The van der Waals surface area contributed by atoms with Crippen LogP contribution in [-0.2, 0) is 8.85 Å². The van der Waals surface area contributed by atoms with Gasteiger partial charge in [-0.1, -0.05) is 0 Å². The van der Waals surface area contributed by atoms with Crippen LogP contribution in [0.1, 0.15) is 20.3 Å². The first-order valence-electron chi connectivity index (χ1n) is 5.72. The first kappa shape index (κ1) is 12.7. The van der Waals surface area contributed by atoms with Gasteiger partial charge in [-0.2, -0.15) is 0 Å². The fraction of sp³-hybridized carbons (Fsp3) is 0.900. The maximum Gasteiger partial charge on any atom is 0.384 e. The predicted octanol–water partition coefficient (Wildman–Crippen LogP) is 1.28. The molecule has 1 aliphatic heterocycles. The molecule has 15 heavy (non-hydrogen) atoms. The minimum atomic E-state index is -1.01. The van der Waals surface area contributed by atoms with E-state index in [2.05, 4.69) is 9.89 Å². The fourth-order valence-electron chi connectivity index (χ4n) is 1.52. The lowest BCUT2D eigenvalue weighted by Gasteiger charge is -2.16. The van der Waals surface area contributed by atoms with Crippen molar-refractivity contribution in [2.24, 2.45) is 4.99 Å². The van der Waals surface area contributed by atoms with Crippen molar-refractivity contribution in [3.8, 4) is 0 Å². The Morgan fingerprint density at radius 3 is 2.60 bits per heavy atom.